The van der Waals surface area contributed by atoms with E-state index in [1.54, 1.807) is 0 Å². The quantitative estimate of drug-likeness (QED) is 0.855. The molecule has 0 amide bonds. The first kappa shape index (κ1) is 12.1. The zero-order chi connectivity index (χ0) is 12.5. The van der Waals surface area contributed by atoms with Crippen LogP contribution in [-0.4, -0.2) is 24.3 Å². The Morgan fingerprint density at radius 3 is 2.53 bits per heavy atom. The highest BCUT2D eigenvalue weighted by molar-refractivity contribution is 5.82. The van der Waals surface area contributed by atoms with Crippen molar-refractivity contribution in [1.82, 2.24) is 0 Å². The van der Waals surface area contributed by atoms with E-state index in [2.05, 4.69) is 0 Å². The second kappa shape index (κ2) is 4.49. The minimum Gasteiger partial charge on any atom is -0.481 e. The summed E-state index contributed by atoms with van der Waals surface area (Å²) >= 11 is 0. The van der Waals surface area contributed by atoms with Gasteiger partial charge in [-0.15, -0.1) is 0 Å². The molecule has 1 aromatic rings. The van der Waals surface area contributed by atoms with Crippen LogP contribution in [0.3, 0.4) is 0 Å². The molecule has 1 aliphatic rings. The van der Waals surface area contributed by atoms with E-state index in [0.29, 0.717) is 26.1 Å². The minimum atomic E-state index is -0.756. The first-order valence-electron chi connectivity index (χ1n) is 5.95. The molecular formula is C14H18O3. The maximum Gasteiger partial charge on any atom is 0.314 e. The smallest absolute Gasteiger partial charge is 0.314 e. The Balaban J connectivity index is 2.52. The Labute approximate surface area is 101 Å². The zero-order valence-corrected chi connectivity index (χ0v) is 10.3. The first-order valence-corrected chi connectivity index (χ1v) is 5.95. The predicted molar refractivity (Wildman–Crippen MR) is 65.3 cm³/mol. The van der Waals surface area contributed by atoms with Gasteiger partial charge in [0, 0.05) is 13.2 Å². The van der Waals surface area contributed by atoms with Gasteiger partial charge in [0.15, 0.2) is 0 Å². The fraction of sp³-hybridized carbons (Fsp3) is 0.500. The summed E-state index contributed by atoms with van der Waals surface area (Å²) in [6, 6.07) is 6.04. The third-order valence-corrected chi connectivity index (χ3v) is 3.66. The lowest BCUT2D eigenvalue weighted by atomic mass is 9.72. The Morgan fingerprint density at radius 1 is 1.29 bits per heavy atom. The number of hydrogen-bond donors (Lipinski definition) is 1. The van der Waals surface area contributed by atoms with Crippen molar-refractivity contribution in [3.8, 4) is 0 Å². The van der Waals surface area contributed by atoms with Crippen LogP contribution >= 0.6 is 0 Å². The van der Waals surface area contributed by atoms with Crippen LogP contribution in [0.25, 0.3) is 0 Å². The van der Waals surface area contributed by atoms with E-state index in [1.165, 1.54) is 0 Å². The first-order chi connectivity index (χ1) is 8.06. The van der Waals surface area contributed by atoms with E-state index in [9.17, 15) is 9.90 Å². The molecule has 3 nitrogen and oxygen atoms in total. The van der Waals surface area contributed by atoms with Gasteiger partial charge in [0.05, 0.1) is 5.41 Å². The molecule has 0 atom stereocenters. The summed E-state index contributed by atoms with van der Waals surface area (Å²) in [5.74, 6) is -0.727. The van der Waals surface area contributed by atoms with Crippen molar-refractivity contribution < 1.29 is 14.6 Å². The molecule has 3 heteroatoms. The summed E-state index contributed by atoms with van der Waals surface area (Å²) in [5, 5.41) is 9.60. The summed E-state index contributed by atoms with van der Waals surface area (Å²) in [4.78, 5) is 11.7. The molecule has 17 heavy (non-hydrogen) atoms. The zero-order valence-electron chi connectivity index (χ0n) is 10.3. The van der Waals surface area contributed by atoms with E-state index in [-0.39, 0.29) is 0 Å². The monoisotopic (exact) mass is 234 g/mol. The lowest BCUT2D eigenvalue weighted by molar-refractivity contribution is -0.147. The number of carboxylic acid groups (broad SMARTS) is 1. The van der Waals surface area contributed by atoms with Gasteiger partial charge in [-0.25, -0.2) is 0 Å². The van der Waals surface area contributed by atoms with E-state index in [1.807, 2.05) is 32.0 Å². The number of aliphatic carboxylic acids is 1. The van der Waals surface area contributed by atoms with Gasteiger partial charge in [-0.05, 0) is 37.8 Å². The third-order valence-electron chi connectivity index (χ3n) is 3.66. The molecule has 1 saturated heterocycles. The van der Waals surface area contributed by atoms with Crippen molar-refractivity contribution in [2.75, 3.05) is 13.2 Å². The highest BCUT2D eigenvalue weighted by Gasteiger charge is 2.42. The average Bonchev–Trinajstić information content (AvgIpc) is 2.33. The van der Waals surface area contributed by atoms with Crippen LogP contribution in [0.4, 0.5) is 0 Å². The van der Waals surface area contributed by atoms with Crippen molar-refractivity contribution in [2.45, 2.75) is 32.1 Å². The molecular weight excluding hydrogens is 216 g/mol. The van der Waals surface area contributed by atoms with E-state index in [4.69, 9.17) is 4.74 Å². The second-order valence-electron chi connectivity index (χ2n) is 4.82. The topological polar surface area (TPSA) is 46.5 Å². The molecule has 0 aliphatic carbocycles. The summed E-state index contributed by atoms with van der Waals surface area (Å²) < 4.78 is 5.30. The number of ether oxygens (including phenoxy) is 1. The summed E-state index contributed by atoms with van der Waals surface area (Å²) in [6.45, 7) is 5.03. The second-order valence-corrected chi connectivity index (χ2v) is 4.82. The predicted octanol–water partition coefficient (Wildman–Crippen LogP) is 2.44. The fourth-order valence-electron chi connectivity index (χ4n) is 2.57. The van der Waals surface area contributed by atoms with Crippen LogP contribution in [0.15, 0.2) is 18.2 Å². The van der Waals surface area contributed by atoms with Gasteiger partial charge in [0.1, 0.15) is 0 Å². The van der Waals surface area contributed by atoms with Crippen LogP contribution in [0.5, 0.6) is 0 Å². The Bertz CT molecular complexity index is 431. The maximum atomic E-state index is 11.7. The summed E-state index contributed by atoms with van der Waals surface area (Å²) in [7, 11) is 0. The van der Waals surface area contributed by atoms with Crippen LogP contribution in [0.1, 0.15) is 29.5 Å². The molecule has 2 rings (SSSR count). The SMILES string of the molecule is Cc1ccc(C)c(C2(C(=O)O)CCOCC2)c1. The van der Waals surface area contributed by atoms with Crippen LogP contribution in [-0.2, 0) is 14.9 Å². The van der Waals surface area contributed by atoms with Crippen LogP contribution in [0, 0.1) is 13.8 Å². The number of hydrogen-bond acceptors (Lipinski definition) is 2. The van der Waals surface area contributed by atoms with Gasteiger partial charge in [-0.3, -0.25) is 4.79 Å². The normalized spacial score (nSPS) is 18.9. The van der Waals surface area contributed by atoms with E-state index < -0.39 is 11.4 Å². The van der Waals surface area contributed by atoms with Gasteiger partial charge >= 0.3 is 5.97 Å². The Hall–Kier alpha value is -1.35. The number of aryl methyl sites for hydroxylation is 2. The Kier molecular flexibility index (Phi) is 3.20. The molecule has 0 radical (unpaired) electrons. The molecule has 0 spiro atoms. The molecule has 1 N–H and O–H groups in total. The largest absolute Gasteiger partial charge is 0.481 e. The highest BCUT2D eigenvalue weighted by atomic mass is 16.5. The molecule has 0 aromatic heterocycles. The van der Waals surface area contributed by atoms with Crippen LogP contribution in [0.2, 0.25) is 0 Å². The number of carboxylic acids is 1. The van der Waals surface area contributed by atoms with Gasteiger partial charge in [0.2, 0.25) is 0 Å². The maximum absolute atomic E-state index is 11.7. The van der Waals surface area contributed by atoms with Gasteiger partial charge < -0.3 is 9.84 Å². The molecule has 1 heterocycles. The minimum absolute atomic E-state index is 0.527. The van der Waals surface area contributed by atoms with E-state index in [0.717, 1.165) is 16.7 Å². The van der Waals surface area contributed by atoms with Crippen molar-refractivity contribution in [3.63, 3.8) is 0 Å². The Morgan fingerprint density at radius 2 is 1.94 bits per heavy atom. The summed E-state index contributed by atoms with van der Waals surface area (Å²) in [6.07, 6.45) is 1.12. The van der Waals surface area contributed by atoms with Crippen molar-refractivity contribution >= 4 is 5.97 Å². The molecule has 0 bridgehead atoms. The van der Waals surface area contributed by atoms with Crippen molar-refractivity contribution in [3.05, 3.63) is 34.9 Å². The standard InChI is InChI=1S/C14H18O3/c1-10-3-4-11(2)12(9-10)14(13(15)16)5-7-17-8-6-14/h3-4,9H,5-8H2,1-2H3,(H,15,16). The van der Waals surface area contributed by atoms with Crippen molar-refractivity contribution in [2.24, 2.45) is 0 Å². The molecule has 1 aromatic carbocycles. The molecule has 0 unspecified atom stereocenters. The highest BCUT2D eigenvalue weighted by Crippen LogP contribution is 2.37. The molecule has 1 fully saturated rings. The number of benzene rings is 1. The van der Waals surface area contributed by atoms with Crippen molar-refractivity contribution in [1.29, 1.82) is 0 Å². The lowest BCUT2D eigenvalue weighted by Gasteiger charge is -2.34. The number of carbonyl (C=O) groups is 1. The van der Waals surface area contributed by atoms with Gasteiger partial charge in [0.25, 0.3) is 0 Å². The number of rotatable bonds is 2. The summed E-state index contributed by atoms with van der Waals surface area (Å²) in [5.41, 5.74) is 2.36. The average molecular weight is 234 g/mol. The lowest BCUT2D eigenvalue weighted by Crippen LogP contribution is -2.41. The fourth-order valence-corrected chi connectivity index (χ4v) is 2.57. The molecule has 92 valence electrons. The van der Waals surface area contributed by atoms with Crippen LogP contribution < -0.4 is 0 Å². The third kappa shape index (κ3) is 2.07. The molecule has 0 saturated carbocycles. The van der Waals surface area contributed by atoms with Gasteiger partial charge in [-0.1, -0.05) is 23.8 Å². The van der Waals surface area contributed by atoms with E-state index >= 15 is 0 Å². The van der Waals surface area contributed by atoms with Gasteiger partial charge in [-0.2, -0.15) is 0 Å². The molecule has 1 aliphatic heterocycles.